The van der Waals surface area contributed by atoms with Crippen molar-refractivity contribution in [3.8, 4) is 0 Å². The summed E-state index contributed by atoms with van der Waals surface area (Å²) in [7, 11) is 0. The third kappa shape index (κ3) is 4.37. The summed E-state index contributed by atoms with van der Waals surface area (Å²) in [6.07, 6.45) is 3.47. The molecule has 0 spiro atoms. The Hall–Kier alpha value is -1.19. The van der Waals surface area contributed by atoms with E-state index in [1.807, 2.05) is 34.6 Å². The van der Waals surface area contributed by atoms with Gasteiger partial charge in [0.15, 0.2) is 0 Å². The normalized spacial score (nSPS) is 23.7. The van der Waals surface area contributed by atoms with Crippen molar-refractivity contribution < 1.29 is 14.4 Å². The predicted molar refractivity (Wildman–Crippen MR) is 106 cm³/mol. The molecule has 1 unspecified atom stereocenters. The number of carbonyl (C=O) groups excluding carboxylic acids is 3. The molecule has 1 saturated heterocycles. The van der Waals surface area contributed by atoms with Gasteiger partial charge in [0, 0.05) is 18.4 Å². The smallest absolute Gasteiger partial charge is 0.236 e. The van der Waals surface area contributed by atoms with Crippen LogP contribution in [0.15, 0.2) is 0 Å². The van der Waals surface area contributed by atoms with Gasteiger partial charge in [0.1, 0.15) is 5.78 Å². The van der Waals surface area contributed by atoms with E-state index in [-0.39, 0.29) is 23.0 Å². The molecule has 1 rings (SSSR count). The first-order valence-electron chi connectivity index (χ1n) is 10.00. The fourth-order valence-corrected chi connectivity index (χ4v) is 3.59. The summed E-state index contributed by atoms with van der Waals surface area (Å²) in [5.74, 6) is 0.0864. The summed E-state index contributed by atoms with van der Waals surface area (Å²) in [5.41, 5.74) is -2.03. The highest BCUT2D eigenvalue weighted by atomic mass is 16.2. The highest BCUT2D eigenvalue weighted by Crippen LogP contribution is 2.52. The molecule has 0 bridgehead atoms. The molecule has 4 heteroatoms. The average Bonchev–Trinajstić information content (AvgIpc) is 2.61. The van der Waals surface area contributed by atoms with Crippen molar-refractivity contribution in [2.24, 2.45) is 21.7 Å². The van der Waals surface area contributed by atoms with Gasteiger partial charge in [-0.1, -0.05) is 48.0 Å². The maximum Gasteiger partial charge on any atom is 0.236 e. The summed E-state index contributed by atoms with van der Waals surface area (Å²) in [6.45, 7) is 18.3. The largest absolute Gasteiger partial charge is 0.299 e. The Balaban J connectivity index is 2.97. The van der Waals surface area contributed by atoms with Crippen molar-refractivity contribution in [1.29, 1.82) is 0 Å². The molecule has 0 radical (unpaired) electrons. The van der Waals surface area contributed by atoms with Gasteiger partial charge in [-0.15, -0.1) is 0 Å². The zero-order valence-corrected chi connectivity index (χ0v) is 18.4. The minimum Gasteiger partial charge on any atom is -0.299 e. The number of ketones is 1. The Morgan fingerprint density at radius 2 is 1.54 bits per heavy atom. The fourth-order valence-electron chi connectivity index (χ4n) is 3.59. The molecular weight excluding hydrogens is 326 g/mol. The number of amides is 2. The summed E-state index contributed by atoms with van der Waals surface area (Å²) in [4.78, 5) is 40.1. The lowest BCUT2D eigenvalue weighted by atomic mass is 9.63. The topological polar surface area (TPSA) is 54.5 Å². The maximum absolute atomic E-state index is 13.1. The zero-order chi connectivity index (χ0) is 20.6. The summed E-state index contributed by atoms with van der Waals surface area (Å²) in [5, 5.41) is 0. The molecule has 0 aromatic heterocycles. The molecule has 0 N–H and O–H groups in total. The Kier molecular flexibility index (Phi) is 6.54. The molecule has 1 heterocycles. The summed E-state index contributed by atoms with van der Waals surface area (Å²) >= 11 is 0. The van der Waals surface area contributed by atoms with E-state index in [4.69, 9.17) is 0 Å². The lowest BCUT2D eigenvalue weighted by Gasteiger charge is -2.36. The van der Waals surface area contributed by atoms with Crippen LogP contribution in [0.4, 0.5) is 0 Å². The second kappa shape index (κ2) is 7.44. The first kappa shape index (κ1) is 22.9. The van der Waals surface area contributed by atoms with Crippen molar-refractivity contribution in [3.63, 3.8) is 0 Å². The molecule has 1 atom stereocenters. The average molecular weight is 366 g/mol. The van der Waals surface area contributed by atoms with E-state index in [0.717, 1.165) is 12.8 Å². The number of unbranched alkanes of at least 4 members (excludes halogenated alkanes) is 1. The van der Waals surface area contributed by atoms with E-state index in [2.05, 4.69) is 27.7 Å². The molecule has 2 amide bonds. The fraction of sp³-hybridized carbons (Fsp3) is 0.864. The van der Waals surface area contributed by atoms with Crippen LogP contribution in [-0.4, -0.2) is 29.0 Å². The molecule has 4 nitrogen and oxygen atoms in total. The minimum atomic E-state index is -0.753. The van der Waals surface area contributed by atoms with E-state index >= 15 is 0 Å². The van der Waals surface area contributed by atoms with E-state index in [9.17, 15) is 14.4 Å². The molecule has 0 saturated carbocycles. The lowest BCUT2D eigenvalue weighted by molar-refractivity contribution is -0.142. The van der Waals surface area contributed by atoms with Crippen LogP contribution < -0.4 is 0 Å². The van der Waals surface area contributed by atoms with Gasteiger partial charge in [-0.3, -0.25) is 19.3 Å². The Morgan fingerprint density at radius 3 is 2.00 bits per heavy atom. The highest BCUT2D eigenvalue weighted by molar-refractivity contribution is 6.09. The van der Waals surface area contributed by atoms with Gasteiger partial charge in [0.05, 0.1) is 10.8 Å². The number of rotatable bonds is 8. The zero-order valence-electron chi connectivity index (χ0n) is 18.4. The Labute approximate surface area is 160 Å². The van der Waals surface area contributed by atoms with Gasteiger partial charge in [0.2, 0.25) is 11.8 Å². The van der Waals surface area contributed by atoms with Crippen LogP contribution in [0.25, 0.3) is 0 Å². The van der Waals surface area contributed by atoms with Crippen molar-refractivity contribution in [2.75, 3.05) is 6.54 Å². The summed E-state index contributed by atoms with van der Waals surface area (Å²) in [6, 6.07) is 0. The second-order valence-corrected chi connectivity index (χ2v) is 10.6. The van der Waals surface area contributed by atoms with E-state index in [1.165, 1.54) is 4.90 Å². The maximum atomic E-state index is 13.1. The van der Waals surface area contributed by atoms with Crippen LogP contribution in [0.5, 0.6) is 0 Å². The first-order chi connectivity index (χ1) is 11.6. The van der Waals surface area contributed by atoms with Crippen molar-refractivity contribution in [1.82, 2.24) is 4.90 Å². The number of hydrogen-bond donors (Lipinski definition) is 0. The van der Waals surface area contributed by atoms with E-state index < -0.39 is 16.2 Å². The molecule has 26 heavy (non-hydrogen) atoms. The van der Waals surface area contributed by atoms with Crippen molar-refractivity contribution >= 4 is 17.6 Å². The monoisotopic (exact) mass is 365 g/mol. The van der Waals surface area contributed by atoms with Crippen LogP contribution in [0.3, 0.4) is 0 Å². The molecule has 150 valence electrons. The summed E-state index contributed by atoms with van der Waals surface area (Å²) < 4.78 is 0. The SMILES string of the molecule is CCCCN1C(=O)C(C)(C)C(C)(CCC(C)(C)C(=O)CC(C)(C)C)C1=O. The van der Waals surface area contributed by atoms with Gasteiger partial charge in [0.25, 0.3) is 0 Å². The number of Topliss-reactive ketones (excluding diaryl/α,β-unsaturated/α-hetero) is 1. The van der Waals surface area contributed by atoms with Gasteiger partial charge in [-0.05, 0) is 45.4 Å². The van der Waals surface area contributed by atoms with Gasteiger partial charge in [-0.2, -0.15) is 0 Å². The van der Waals surface area contributed by atoms with Crippen LogP contribution in [-0.2, 0) is 14.4 Å². The van der Waals surface area contributed by atoms with Crippen LogP contribution >= 0.6 is 0 Å². The number of likely N-dealkylation sites (tertiary alicyclic amines) is 1. The van der Waals surface area contributed by atoms with Crippen molar-refractivity contribution in [3.05, 3.63) is 0 Å². The van der Waals surface area contributed by atoms with Crippen LogP contribution in [0, 0.1) is 21.7 Å². The first-order valence-corrected chi connectivity index (χ1v) is 10.00. The molecule has 1 fully saturated rings. The quantitative estimate of drug-likeness (QED) is 0.569. The Morgan fingerprint density at radius 1 is 1.00 bits per heavy atom. The van der Waals surface area contributed by atoms with Crippen LogP contribution in [0.1, 0.15) is 94.4 Å². The van der Waals surface area contributed by atoms with E-state index in [0.29, 0.717) is 25.8 Å². The molecular formula is C22H39NO3. The molecule has 0 aromatic rings. The third-order valence-corrected chi connectivity index (χ3v) is 6.31. The molecule has 0 aromatic carbocycles. The predicted octanol–water partition coefficient (Wildman–Crippen LogP) is 5.00. The number of nitrogens with zero attached hydrogens (tertiary/aromatic N) is 1. The standard InChI is InChI=1S/C22H39NO3/c1-10-11-14-23-17(25)21(7,8)22(9,18(23)26)13-12-20(5,6)16(24)15-19(2,3)4/h10-15H2,1-9H3. The van der Waals surface area contributed by atoms with Gasteiger partial charge < -0.3 is 0 Å². The number of imide groups is 1. The van der Waals surface area contributed by atoms with Gasteiger partial charge in [-0.25, -0.2) is 0 Å². The molecule has 1 aliphatic rings. The number of carbonyl (C=O) groups is 3. The minimum absolute atomic E-state index is 0.0480. The van der Waals surface area contributed by atoms with Gasteiger partial charge >= 0.3 is 0 Å². The number of hydrogen-bond acceptors (Lipinski definition) is 3. The lowest BCUT2D eigenvalue weighted by Crippen LogP contribution is -2.40. The molecule has 0 aliphatic carbocycles. The highest BCUT2D eigenvalue weighted by Gasteiger charge is 2.61. The van der Waals surface area contributed by atoms with Crippen LogP contribution in [0.2, 0.25) is 0 Å². The Bertz CT molecular complexity index is 568. The van der Waals surface area contributed by atoms with Crippen molar-refractivity contribution in [2.45, 2.75) is 94.4 Å². The second-order valence-electron chi connectivity index (χ2n) is 10.6. The van der Waals surface area contributed by atoms with E-state index in [1.54, 1.807) is 0 Å². The molecule has 1 aliphatic heterocycles. The third-order valence-electron chi connectivity index (χ3n) is 6.31.